The van der Waals surface area contributed by atoms with Crippen molar-refractivity contribution in [2.75, 3.05) is 32.7 Å². The summed E-state index contributed by atoms with van der Waals surface area (Å²) < 4.78 is 0. The summed E-state index contributed by atoms with van der Waals surface area (Å²) in [4.78, 5) is 5.41. The lowest BCUT2D eigenvalue weighted by atomic mass is 9.93. The summed E-state index contributed by atoms with van der Waals surface area (Å²) in [7, 11) is 0. The van der Waals surface area contributed by atoms with E-state index in [1.54, 1.807) is 0 Å². The highest BCUT2D eigenvalue weighted by Crippen LogP contribution is 2.30. The summed E-state index contributed by atoms with van der Waals surface area (Å²) in [5.74, 6) is 0.603. The summed E-state index contributed by atoms with van der Waals surface area (Å²) in [6.07, 6.45) is 2.76. The minimum atomic E-state index is 0.376. The van der Waals surface area contributed by atoms with Gasteiger partial charge >= 0.3 is 0 Å². The molecule has 5 heteroatoms. The van der Waals surface area contributed by atoms with E-state index in [0.717, 1.165) is 17.6 Å². The Morgan fingerprint density at radius 2 is 2.04 bits per heavy atom. The molecule has 3 aliphatic heterocycles. The van der Waals surface area contributed by atoms with Gasteiger partial charge in [-0.1, -0.05) is 23.7 Å². The minimum Gasteiger partial charge on any atom is -0.298 e. The summed E-state index contributed by atoms with van der Waals surface area (Å²) in [6.45, 7) is 8.38. The maximum atomic E-state index is 6.03. The molecule has 3 aliphatic rings. The molecular formula is C18H27ClN4. The number of hydrogen-bond acceptors (Lipinski definition) is 4. The minimum absolute atomic E-state index is 0.376. The smallest absolute Gasteiger partial charge is 0.0515 e. The fraction of sp³-hybridized carbons (Fsp3) is 0.667. The zero-order valence-electron chi connectivity index (χ0n) is 13.8. The number of piperazine rings is 1. The van der Waals surface area contributed by atoms with Crippen molar-refractivity contribution >= 4 is 11.6 Å². The SMILES string of the molecule is C[C@@H]1CN2CCCC2CN1CC1CNNC1c1ccc(Cl)cc1. The fourth-order valence-electron chi connectivity index (χ4n) is 4.53. The van der Waals surface area contributed by atoms with Crippen molar-refractivity contribution in [1.82, 2.24) is 20.7 Å². The normalized spacial score (nSPS) is 35.6. The first-order valence-corrected chi connectivity index (χ1v) is 9.30. The average molecular weight is 335 g/mol. The predicted molar refractivity (Wildman–Crippen MR) is 94.5 cm³/mol. The van der Waals surface area contributed by atoms with E-state index in [-0.39, 0.29) is 0 Å². The molecule has 0 saturated carbocycles. The molecule has 4 nitrogen and oxygen atoms in total. The van der Waals surface area contributed by atoms with Crippen LogP contribution in [0, 0.1) is 5.92 Å². The Kier molecular flexibility index (Phi) is 4.61. The summed E-state index contributed by atoms with van der Waals surface area (Å²) in [5, 5.41) is 0.808. The largest absolute Gasteiger partial charge is 0.298 e. The number of rotatable bonds is 3. The molecule has 4 atom stereocenters. The number of benzene rings is 1. The van der Waals surface area contributed by atoms with Gasteiger partial charge in [0, 0.05) is 49.2 Å². The maximum Gasteiger partial charge on any atom is 0.0515 e. The number of fused-ring (bicyclic) bond motifs is 1. The van der Waals surface area contributed by atoms with Gasteiger partial charge in [0.2, 0.25) is 0 Å². The van der Waals surface area contributed by atoms with Crippen molar-refractivity contribution in [3.63, 3.8) is 0 Å². The van der Waals surface area contributed by atoms with Gasteiger partial charge < -0.3 is 0 Å². The molecule has 1 aromatic carbocycles. The molecule has 3 saturated heterocycles. The van der Waals surface area contributed by atoms with Gasteiger partial charge in [-0.3, -0.25) is 15.2 Å². The number of nitrogens with zero attached hydrogens (tertiary/aromatic N) is 2. The van der Waals surface area contributed by atoms with Crippen molar-refractivity contribution in [3.05, 3.63) is 34.9 Å². The molecule has 2 N–H and O–H groups in total. The van der Waals surface area contributed by atoms with E-state index in [0.29, 0.717) is 18.0 Å². The summed E-state index contributed by atoms with van der Waals surface area (Å²) >= 11 is 6.03. The zero-order chi connectivity index (χ0) is 15.8. The van der Waals surface area contributed by atoms with Crippen LogP contribution in [-0.4, -0.2) is 54.6 Å². The van der Waals surface area contributed by atoms with E-state index in [1.165, 1.54) is 44.6 Å². The molecule has 3 fully saturated rings. The van der Waals surface area contributed by atoms with Crippen LogP contribution in [0.5, 0.6) is 0 Å². The van der Waals surface area contributed by atoms with Crippen LogP contribution in [0.3, 0.4) is 0 Å². The van der Waals surface area contributed by atoms with Crippen molar-refractivity contribution < 1.29 is 0 Å². The highest BCUT2D eigenvalue weighted by atomic mass is 35.5. The fourth-order valence-corrected chi connectivity index (χ4v) is 4.66. The van der Waals surface area contributed by atoms with Crippen molar-refractivity contribution in [3.8, 4) is 0 Å². The molecule has 0 radical (unpaired) electrons. The lowest BCUT2D eigenvalue weighted by molar-refractivity contribution is 0.0478. The molecule has 0 amide bonds. The molecule has 0 aromatic heterocycles. The Balaban J connectivity index is 1.43. The van der Waals surface area contributed by atoms with Crippen LogP contribution < -0.4 is 10.9 Å². The third-order valence-corrected chi connectivity index (χ3v) is 6.11. The van der Waals surface area contributed by atoms with E-state index in [1.807, 2.05) is 12.1 Å². The molecule has 0 spiro atoms. The zero-order valence-corrected chi connectivity index (χ0v) is 14.6. The Labute approximate surface area is 144 Å². The van der Waals surface area contributed by atoms with Crippen LogP contribution in [0.2, 0.25) is 5.02 Å². The van der Waals surface area contributed by atoms with Crippen molar-refractivity contribution in [1.29, 1.82) is 0 Å². The first kappa shape index (κ1) is 15.9. The number of hydrogen-bond donors (Lipinski definition) is 2. The molecule has 126 valence electrons. The second kappa shape index (κ2) is 6.69. The van der Waals surface area contributed by atoms with E-state index in [4.69, 9.17) is 11.6 Å². The third-order valence-electron chi connectivity index (χ3n) is 5.86. The molecule has 23 heavy (non-hydrogen) atoms. The quantitative estimate of drug-likeness (QED) is 0.888. The third kappa shape index (κ3) is 3.28. The summed E-state index contributed by atoms with van der Waals surface area (Å²) in [6, 6.07) is 10.1. The Hall–Kier alpha value is -0.650. The maximum absolute atomic E-state index is 6.03. The highest BCUT2D eigenvalue weighted by Gasteiger charge is 2.37. The topological polar surface area (TPSA) is 30.5 Å². The van der Waals surface area contributed by atoms with Crippen LogP contribution in [0.15, 0.2) is 24.3 Å². The Morgan fingerprint density at radius 3 is 2.87 bits per heavy atom. The Bertz CT molecular complexity index is 534. The van der Waals surface area contributed by atoms with Gasteiger partial charge in [-0.25, -0.2) is 5.43 Å². The molecular weight excluding hydrogens is 308 g/mol. The molecule has 4 rings (SSSR count). The number of nitrogens with one attached hydrogen (secondary N) is 2. The van der Waals surface area contributed by atoms with Crippen LogP contribution >= 0.6 is 11.6 Å². The van der Waals surface area contributed by atoms with Crippen LogP contribution in [0.4, 0.5) is 0 Å². The van der Waals surface area contributed by atoms with Crippen LogP contribution in [-0.2, 0) is 0 Å². The van der Waals surface area contributed by atoms with Gasteiger partial charge in [0.1, 0.15) is 0 Å². The van der Waals surface area contributed by atoms with Crippen LogP contribution in [0.25, 0.3) is 0 Å². The van der Waals surface area contributed by atoms with E-state index in [2.05, 4.69) is 39.7 Å². The number of hydrazine groups is 1. The van der Waals surface area contributed by atoms with Gasteiger partial charge in [0.25, 0.3) is 0 Å². The van der Waals surface area contributed by atoms with Gasteiger partial charge in [0.05, 0.1) is 6.04 Å². The lowest BCUT2D eigenvalue weighted by Crippen LogP contribution is -2.56. The van der Waals surface area contributed by atoms with Gasteiger partial charge in [-0.15, -0.1) is 0 Å². The second-order valence-corrected chi connectivity index (χ2v) is 7.84. The van der Waals surface area contributed by atoms with Gasteiger partial charge in [-0.2, -0.15) is 0 Å². The van der Waals surface area contributed by atoms with Gasteiger partial charge in [0.15, 0.2) is 0 Å². The van der Waals surface area contributed by atoms with E-state index >= 15 is 0 Å². The van der Waals surface area contributed by atoms with Gasteiger partial charge in [-0.05, 0) is 44.0 Å². The first-order valence-electron chi connectivity index (χ1n) is 8.92. The highest BCUT2D eigenvalue weighted by molar-refractivity contribution is 6.30. The summed E-state index contributed by atoms with van der Waals surface area (Å²) in [5.41, 5.74) is 8.16. The average Bonchev–Trinajstić information content (AvgIpc) is 3.17. The van der Waals surface area contributed by atoms with E-state index in [9.17, 15) is 0 Å². The Morgan fingerprint density at radius 1 is 1.22 bits per heavy atom. The van der Waals surface area contributed by atoms with Crippen molar-refractivity contribution in [2.45, 2.75) is 37.9 Å². The molecule has 0 aliphatic carbocycles. The second-order valence-electron chi connectivity index (χ2n) is 7.41. The standard InChI is InChI=1S/C18H27ClN4/c1-13-10-22-8-2-3-17(22)12-23(13)11-15-9-20-21-18(15)14-4-6-16(19)7-5-14/h4-7,13,15,17-18,20-21H,2-3,8-12H2,1H3/t13-,15?,17?,18?/m1/s1. The lowest BCUT2D eigenvalue weighted by Gasteiger charge is -2.43. The molecule has 3 heterocycles. The molecule has 0 bridgehead atoms. The monoisotopic (exact) mass is 334 g/mol. The molecule has 1 aromatic rings. The van der Waals surface area contributed by atoms with E-state index < -0.39 is 0 Å². The first-order chi connectivity index (χ1) is 11.2. The van der Waals surface area contributed by atoms with Crippen molar-refractivity contribution in [2.24, 2.45) is 5.92 Å². The van der Waals surface area contributed by atoms with Crippen LogP contribution in [0.1, 0.15) is 31.4 Å². The number of halogens is 1. The predicted octanol–water partition coefficient (Wildman–Crippen LogP) is 2.27. The molecule has 3 unspecified atom stereocenters.